The molecule has 1 saturated heterocycles. The second-order valence-electron chi connectivity index (χ2n) is 8.47. The number of nitrogens with zero attached hydrogens (tertiary/aromatic N) is 2. The van der Waals surface area contributed by atoms with Gasteiger partial charge in [-0.15, -0.1) is 0 Å². The van der Waals surface area contributed by atoms with Crippen LogP contribution in [0.25, 0.3) is 0 Å². The Morgan fingerprint density at radius 3 is 2.68 bits per heavy atom. The third kappa shape index (κ3) is 2.57. The van der Waals surface area contributed by atoms with Gasteiger partial charge < -0.3 is 9.80 Å². The molecule has 2 aliphatic carbocycles. The number of rotatable bonds is 2. The molecule has 0 radical (unpaired) electrons. The number of benzene rings is 1. The van der Waals surface area contributed by atoms with E-state index in [1.54, 1.807) is 0 Å². The highest BCUT2D eigenvalue weighted by atomic mass is 16.2. The molecule has 2 saturated carbocycles. The fourth-order valence-electron chi connectivity index (χ4n) is 5.75. The predicted octanol–water partition coefficient (Wildman–Crippen LogP) is 2.61. The Balaban J connectivity index is 1.27. The van der Waals surface area contributed by atoms with Gasteiger partial charge in [0.15, 0.2) is 0 Å². The van der Waals surface area contributed by atoms with Crippen LogP contribution in [0.5, 0.6) is 0 Å². The van der Waals surface area contributed by atoms with Crippen molar-refractivity contribution in [3.63, 3.8) is 0 Å². The second kappa shape index (κ2) is 5.86. The minimum Gasteiger partial charge on any atom is -0.339 e. The first-order valence-corrected chi connectivity index (χ1v) is 9.84. The Bertz CT molecular complexity index is 716. The molecule has 2 bridgehead atoms. The van der Waals surface area contributed by atoms with Gasteiger partial charge in [0, 0.05) is 32.1 Å². The van der Waals surface area contributed by atoms with Crippen molar-refractivity contribution in [3.05, 3.63) is 35.4 Å². The monoisotopic (exact) mass is 338 g/mol. The van der Waals surface area contributed by atoms with Gasteiger partial charge in [-0.25, -0.2) is 0 Å². The summed E-state index contributed by atoms with van der Waals surface area (Å²) >= 11 is 0. The van der Waals surface area contributed by atoms with Gasteiger partial charge in [0.05, 0.1) is 5.92 Å². The van der Waals surface area contributed by atoms with Crippen LogP contribution < -0.4 is 0 Å². The Labute approximate surface area is 149 Å². The molecule has 132 valence electrons. The highest BCUT2D eigenvalue weighted by molar-refractivity contribution is 5.89. The van der Waals surface area contributed by atoms with Crippen molar-refractivity contribution in [2.24, 2.45) is 17.8 Å². The lowest BCUT2D eigenvalue weighted by Gasteiger charge is -2.33. The van der Waals surface area contributed by atoms with Crippen LogP contribution in [0.3, 0.4) is 0 Å². The van der Waals surface area contributed by atoms with Crippen LogP contribution in [0, 0.1) is 17.8 Å². The van der Waals surface area contributed by atoms with Crippen LogP contribution in [0.1, 0.15) is 43.2 Å². The average molecular weight is 338 g/mol. The van der Waals surface area contributed by atoms with E-state index in [1.165, 1.54) is 36.8 Å². The number of hydrogen-bond acceptors (Lipinski definition) is 2. The van der Waals surface area contributed by atoms with Crippen molar-refractivity contribution < 1.29 is 9.59 Å². The minimum absolute atomic E-state index is 0.128. The van der Waals surface area contributed by atoms with Crippen LogP contribution in [0.2, 0.25) is 0 Å². The summed E-state index contributed by atoms with van der Waals surface area (Å²) in [4.78, 5) is 29.7. The van der Waals surface area contributed by atoms with Crippen molar-refractivity contribution in [2.75, 3.05) is 13.1 Å². The van der Waals surface area contributed by atoms with Gasteiger partial charge in [-0.3, -0.25) is 9.59 Å². The Morgan fingerprint density at radius 1 is 1.08 bits per heavy atom. The molecule has 1 aromatic rings. The highest BCUT2D eigenvalue weighted by Gasteiger charge is 2.47. The predicted molar refractivity (Wildman–Crippen MR) is 94.6 cm³/mol. The van der Waals surface area contributed by atoms with E-state index in [1.807, 2.05) is 11.0 Å². The average Bonchev–Trinajstić information content (AvgIpc) is 3.36. The molecule has 2 aliphatic heterocycles. The number of carbonyl (C=O) groups excluding carboxylic acids is 2. The number of carbonyl (C=O) groups is 2. The zero-order valence-electron chi connectivity index (χ0n) is 14.7. The molecule has 0 aromatic heterocycles. The maximum absolute atomic E-state index is 13.0. The van der Waals surface area contributed by atoms with Gasteiger partial charge in [-0.05, 0) is 48.6 Å². The van der Waals surface area contributed by atoms with Crippen molar-refractivity contribution >= 4 is 11.8 Å². The molecule has 2 heterocycles. The molecule has 25 heavy (non-hydrogen) atoms. The van der Waals surface area contributed by atoms with E-state index < -0.39 is 0 Å². The zero-order valence-corrected chi connectivity index (χ0v) is 14.7. The largest absolute Gasteiger partial charge is 0.339 e. The van der Waals surface area contributed by atoms with Gasteiger partial charge in [-0.2, -0.15) is 0 Å². The molecule has 4 heteroatoms. The van der Waals surface area contributed by atoms with Gasteiger partial charge in [-0.1, -0.05) is 30.7 Å². The van der Waals surface area contributed by atoms with E-state index in [-0.39, 0.29) is 17.7 Å². The zero-order chi connectivity index (χ0) is 17.0. The summed E-state index contributed by atoms with van der Waals surface area (Å²) in [6.07, 6.45) is 6.45. The lowest BCUT2D eigenvalue weighted by molar-refractivity contribution is -0.136. The van der Waals surface area contributed by atoms with E-state index in [2.05, 4.69) is 23.1 Å². The van der Waals surface area contributed by atoms with Crippen LogP contribution in [-0.4, -0.2) is 40.7 Å². The summed E-state index contributed by atoms with van der Waals surface area (Å²) in [6.45, 7) is 2.15. The Kier molecular flexibility index (Phi) is 3.61. The number of hydrogen-bond donors (Lipinski definition) is 0. The van der Waals surface area contributed by atoms with Crippen LogP contribution in [0.15, 0.2) is 24.3 Å². The molecule has 4 unspecified atom stereocenters. The third-order valence-electron chi connectivity index (χ3n) is 7.05. The summed E-state index contributed by atoms with van der Waals surface area (Å²) in [5.74, 6) is 1.81. The van der Waals surface area contributed by atoms with Gasteiger partial charge >= 0.3 is 0 Å². The van der Waals surface area contributed by atoms with E-state index in [0.29, 0.717) is 31.5 Å². The molecule has 0 spiro atoms. The van der Waals surface area contributed by atoms with E-state index in [0.717, 1.165) is 18.9 Å². The smallest absolute Gasteiger partial charge is 0.228 e. The van der Waals surface area contributed by atoms with Crippen molar-refractivity contribution in [2.45, 2.75) is 51.1 Å². The maximum atomic E-state index is 13.0. The fourth-order valence-corrected chi connectivity index (χ4v) is 5.75. The molecule has 0 N–H and O–H groups in total. The SMILES string of the molecule is O=C(C1CC(=O)N(C2CC3CCC2C3)C1)N1CCc2ccccc2C1. The molecule has 4 aliphatic rings. The van der Waals surface area contributed by atoms with Crippen LogP contribution in [-0.2, 0) is 22.6 Å². The minimum atomic E-state index is -0.128. The fraction of sp³-hybridized carbons (Fsp3) is 0.619. The summed E-state index contributed by atoms with van der Waals surface area (Å²) < 4.78 is 0. The van der Waals surface area contributed by atoms with Crippen molar-refractivity contribution in [3.8, 4) is 0 Å². The summed E-state index contributed by atoms with van der Waals surface area (Å²) in [6, 6.07) is 8.82. The quantitative estimate of drug-likeness (QED) is 0.832. The first kappa shape index (κ1) is 15.4. The number of amides is 2. The molecular weight excluding hydrogens is 312 g/mol. The van der Waals surface area contributed by atoms with Crippen molar-refractivity contribution in [1.82, 2.24) is 9.80 Å². The lowest BCUT2D eigenvalue weighted by Crippen LogP contribution is -2.43. The summed E-state index contributed by atoms with van der Waals surface area (Å²) in [7, 11) is 0. The van der Waals surface area contributed by atoms with E-state index in [4.69, 9.17) is 0 Å². The molecular formula is C21H26N2O2. The Hall–Kier alpha value is -1.84. The van der Waals surface area contributed by atoms with Crippen LogP contribution >= 0.6 is 0 Å². The summed E-state index contributed by atoms with van der Waals surface area (Å²) in [5.41, 5.74) is 2.62. The lowest BCUT2D eigenvalue weighted by atomic mass is 9.94. The first-order valence-electron chi connectivity index (χ1n) is 9.84. The van der Waals surface area contributed by atoms with Gasteiger partial charge in [0.1, 0.15) is 0 Å². The molecule has 5 rings (SSSR count). The maximum Gasteiger partial charge on any atom is 0.228 e. The molecule has 4 atom stereocenters. The highest BCUT2D eigenvalue weighted by Crippen LogP contribution is 2.47. The Morgan fingerprint density at radius 2 is 1.92 bits per heavy atom. The van der Waals surface area contributed by atoms with Crippen LogP contribution in [0.4, 0.5) is 0 Å². The normalized spacial score (nSPS) is 33.8. The number of likely N-dealkylation sites (tertiary alicyclic amines) is 1. The van der Waals surface area contributed by atoms with Gasteiger partial charge in [0.2, 0.25) is 11.8 Å². The van der Waals surface area contributed by atoms with E-state index >= 15 is 0 Å². The standard InChI is InChI=1S/C21H26N2O2/c24-20-11-18(13-23(20)19-10-14-5-6-16(19)9-14)21(25)22-8-7-15-3-1-2-4-17(15)12-22/h1-4,14,16,18-19H,5-13H2. The topological polar surface area (TPSA) is 40.6 Å². The van der Waals surface area contributed by atoms with E-state index in [9.17, 15) is 9.59 Å². The number of fused-ring (bicyclic) bond motifs is 3. The first-order chi connectivity index (χ1) is 12.2. The third-order valence-corrected chi connectivity index (χ3v) is 7.05. The molecule has 2 amide bonds. The second-order valence-corrected chi connectivity index (χ2v) is 8.47. The molecule has 1 aromatic carbocycles. The summed E-state index contributed by atoms with van der Waals surface area (Å²) in [5, 5.41) is 0. The van der Waals surface area contributed by atoms with Gasteiger partial charge in [0.25, 0.3) is 0 Å². The molecule has 3 fully saturated rings. The van der Waals surface area contributed by atoms with Crippen molar-refractivity contribution in [1.29, 1.82) is 0 Å². The molecule has 4 nitrogen and oxygen atoms in total.